The molecule has 2 heteroatoms. The Labute approximate surface area is 362 Å². The first-order valence-electron chi connectivity index (χ1n) is 21.3. The molecule has 2 nitrogen and oxygen atoms in total. The molecular weight excluding hydrogens is 749 g/mol. The Morgan fingerprint density at radius 3 is 1.42 bits per heavy atom. The Hall–Kier alpha value is -8.20. The maximum Gasteiger partial charge on any atom is 0.0547 e. The highest BCUT2D eigenvalue weighted by Gasteiger charge is 2.21. The van der Waals surface area contributed by atoms with Crippen molar-refractivity contribution in [2.75, 3.05) is 4.90 Å². The monoisotopic (exact) mass is 790 g/mol. The second-order valence-electron chi connectivity index (χ2n) is 15.7. The first-order valence-corrected chi connectivity index (χ1v) is 21.3. The number of fused-ring (bicyclic) bond motifs is 3. The molecule has 0 saturated heterocycles. The van der Waals surface area contributed by atoms with Crippen LogP contribution in [0.25, 0.3) is 83.1 Å². The summed E-state index contributed by atoms with van der Waals surface area (Å²) in [6, 6.07) is 92.2. The lowest BCUT2D eigenvalue weighted by Crippen LogP contribution is -2.12. The van der Waals surface area contributed by atoms with Gasteiger partial charge >= 0.3 is 0 Å². The quantitative estimate of drug-likeness (QED) is 0.141. The van der Waals surface area contributed by atoms with Crippen LogP contribution in [0, 0.1) is 0 Å². The zero-order valence-corrected chi connectivity index (χ0v) is 34.1. The second kappa shape index (κ2) is 16.1. The van der Waals surface area contributed by atoms with E-state index in [4.69, 9.17) is 0 Å². The standard InChI is InChI=1S/C60H42N2/c1-5-20-43(21-6-1)46-26-18-31-52(40-46)61(53-41-49(44-22-7-2-8-23-44)39-50(42-53)45-24-9-3-10-25-45)57-35-15-13-32-54(57)47-27-17-28-48(38-47)55-34-19-37-59-60(55)56-33-14-16-36-58(56)62(59)51-29-11-4-12-30-51/h1-42H. The van der Waals surface area contributed by atoms with E-state index in [9.17, 15) is 0 Å². The maximum absolute atomic E-state index is 2.45. The number of hydrogen-bond acceptors (Lipinski definition) is 1. The van der Waals surface area contributed by atoms with Crippen molar-refractivity contribution in [3.8, 4) is 61.3 Å². The van der Waals surface area contributed by atoms with Crippen LogP contribution < -0.4 is 4.90 Å². The molecular formula is C60H42N2. The van der Waals surface area contributed by atoms with E-state index in [-0.39, 0.29) is 0 Å². The summed E-state index contributed by atoms with van der Waals surface area (Å²) in [5, 5.41) is 2.49. The molecule has 0 N–H and O–H groups in total. The van der Waals surface area contributed by atoms with Gasteiger partial charge in [0.05, 0.1) is 16.7 Å². The summed E-state index contributed by atoms with van der Waals surface area (Å²) in [6.45, 7) is 0. The summed E-state index contributed by atoms with van der Waals surface area (Å²) in [6.07, 6.45) is 0. The molecule has 0 aliphatic heterocycles. The van der Waals surface area contributed by atoms with Crippen molar-refractivity contribution >= 4 is 38.9 Å². The minimum Gasteiger partial charge on any atom is -0.310 e. The Balaban J connectivity index is 1.12. The summed E-state index contributed by atoms with van der Waals surface area (Å²) in [5.41, 5.74) is 18.5. The predicted molar refractivity (Wildman–Crippen MR) is 263 cm³/mol. The van der Waals surface area contributed by atoms with Gasteiger partial charge in [-0.25, -0.2) is 0 Å². The summed E-state index contributed by atoms with van der Waals surface area (Å²) in [7, 11) is 0. The number of hydrogen-bond donors (Lipinski definition) is 0. The number of para-hydroxylation sites is 3. The van der Waals surface area contributed by atoms with E-state index in [1.807, 2.05) is 0 Å². The minimum atomic E-state index is 1.08. The van der Waals surface area contributed by atoms with Gasteiger partial charge in [-0.2, -0.15) is 0 Å². The van der Waals surface area contributed by atoms with E-state index in [2.05, 4.69) is 264 Å². The molecule has 0 spiro atoms. The normalized spacial score (nSPS) is 11.2. The maximum atomic E-state index is 2.45. The van der Waals surface area contributed by atoms with Crippen LogP contribution in [0.5, 0.6) is 0 Å². The van der Waals surface area contributed by atoms with E-state index >= 15 is 0 Å². The minimum absolute atomic E-state index is 1.08. The second-order valence-corrected chi connectivity index (χ2v) is 15.7. The van der Waals surface area contributed by atoms with Crippen molar-refractivity contribution in [2.24, 2.45) is 0 Å². The molecule has 0 amide bonds. The first kappa shape index (κ1) is 36.8. The zero-order chi connectivity index (χ0) is 41.2. The zero-order valence-electron chi connectivity index (χ0n) is 34.1. The van der Waals surface area contributed by atoms with Crippen LogP contribution in [0.2, 0.25) is 0 Å². The fourth-order valence-electron chi connectivity index (χ4n) is 9.10. The highest BCUT2D eigenvalue weighted by atomic mass is 15.1. The molecule has 1 heterocycles. The van der Waals surface area contributed by atoms with Crippen molar-refractivity contribution in [1.82, 2.24) is 4.57 Å². The van der Waals surface area contributed by atoms with E-state index in [1.54, 1.807) is 0 Å². The van der Waals surface area contributed by atoms with Gasteiger partial charge in [-0.15, -0.1) is 0 Å². The van der Waals surface area contributed by atoms with E-state index in [0.29, 0.717) is 0 Å². The van der Waals surface area contributed by atoms with E-state index < -0.39 is 0 Å². The van der Waals surface area contributed by atoms with Crippen molar-refractivity contribution < 1.29 is 0 Å². The van der Waals surface area contributed by atoms with Crippen molar-refractivity contribution in [1.29, 1.82) is 0 Å². The molecule has 0 radical (unpaired) electrons. The average Bonchev–Trinajstić information content (AvgIpc) is 3.70. The molecule has 0 unspecified atom stereocenters. The van der Waals surface area contributed by atoms with Crippen LogP contribution in [-0.4, -0.2) is 4.57 Å². The number of benzene rings is 10. The highest BCUT2D eigenvalue weighted by Crippen LogP contribution is 2.46. The van der Waals surface area contributed by atoms with Crippen LogP contribution in [0.1, 0.15) is 0 Å². The van der Waals surface area contributed by atoms with Gasteiger partial charge in [-0.3, -0.25) is 0 Å². The van der Waals surface area contributed by atoms with Crippen molar-refractivity contribution in [2.45, 2.75) is 0 Å². The number of rotatable bonds is 9. The smallest absolute Gasteiger partial charge is 0.0547 e. The largest absolute Gasteiger partial charge is 0.310 e. The highest BCUT2D eigenvalue weighted by molar-refractivity contribution is 6.16. The predicted octanol–water partition coefficient (Wildman–Crippen LogP) is 16.6. The molecule has 62 heavy (non-hydrogen) atoms. The molecule has 11 rings (SSSR count). The van der Waals surface area contributed by atoms with Gasteiger partial charge in [0.15, 0.2) is 0 Å². The third-order valence-electron chi connectivity index (χ3n) is 11.9. The Bertz CT molecular complexity index is 3270. The summed E-state index contributed by atoms with van der Waals surface area (Å²) in [5.74, 6) is 0. The fraction of sp³-hybridized carbons (Fsp3) is 0. The van der Waals surface area contributed by atoms with E-state index in [1.165, 1.54) is 49.6 Å². The molecule has 11 aromatic rings. The van der Waals surface area contributed by atoms with Gasteiger partial charge < -0.3 is 9.47 Å². The number of nitrogens with zero attached hydrogens (tertiary/aromatic N) is 2. The van der Waals surface area contributed by atoms with Crippen LogP contribution in [0.4, 0.5) is 17.1 Å². The van der Waals surface area contributed by atoms with Crippen LogP contribution in [0.3, 0.4) is 0 Å². The van der Waals surface area contributed by atoms with Gasteiger partial charge in [-0.1, -0.05) is 188 Å². The van der Waals surface area contributed by atoms with Crippen LogP contribution >= 0.6 is 0 Å². The lowest BCUT2D eigenvalue weighted by molar-refractivity contribution is 1.18. The molecule has 0 aliphatic rings. The number of anilines is 3. The summed E-state index contributed by atoms with van der Waals surface area (Å²) in [4.78, 5) is 2.45. The van der Waals surface area contributed by atoms with Crippen LogP contribution in [-0.2, 0) is 0 Å². The molecule has 0 fully saturated rings. The molecule has 1 aromatic heterocycles. The Morgan fingerprint density at radius 1 is 0.274 bits per heavy atom. The molecule has 10 aromatic carbocycles. The third-order valence-corrected chi connectivity index (χ3v) is 11.9. The molecule has 0 saturated carbocycles. The molecule has 0 bridgehead atoms. The Morgan fingerprint density at radius 2 is 0.726 bits per heavy atom. The van der Waals surface area contributed by atoms with Crippen molar-refractivity contribution in [3.05, 3.63) is 255 Å². The van der Waals surface area contributed by atoms with Gasteiger partial charge in [-0.05, 0) is 117 Å². The third kappa shape index (κ3) is 6.84. The SMILES string of the molecule is c1ccc(-c2cccc(N(c3cc(-c4ccccc4)cc(-c4ccccc4)c3)c3ccccc3-c3cccc(-c4cccc5c4c4ccccc4n5-c4ccccc4)c3)c2)cc1. The molecule has 0 aliphatic carbocycles. The lowest BCUT2D eigenvalue weighted by Gasteiger charge is -2.29. The molecule has 0 atom stereocenters. The molecule has 292 valence electrons. The topological polar surface area (TPSA) is 8.17 Å². The van der Waals surface area contributed by atoms with Gasteiger partial charge in [0.25, 0.3) is 0 Å². The van der Waals surface area contributed by atoms with Gasteiger partial charge in [0.2, 0.25) is 0 Å². The lowest BCUT2D eigenvalue weighted by atomic mass is 9.94. The fourth-order valence-corrected chi connectivity index (χ4v) is 9.10. The number of aromatic nitrogens is 1. The summed E-state index contributed by atoms with van der Waals surface area (Å²) >= 11 is 0. The van der Waals surface area contributed by atoms with Crippen LogP contribution in [0.15, 0.2) is 255 Å². The Kier molecular flexibility index (Phi) is 9.57. The average molecular weight is 791 g/mol. The van der Waals surface area contributed by atoms with Gasteiger partial charge in [0, 0.05) is 33.4 Å². The first-order chi connectivity index (χ1) is 30.8. The van der Waals surface area contributed by atoms with Gasteiger partial charge in [0.1, 0.15) is 0 Å². The van der Waals surface area contributed by atoms with E-state index in [0.717, 1.165) is 50.6 Å². The van der Waals surface area contributed by atoms with Crippen molar-refractivity contribution in [3.63, 3.8) is 0 Å². The summed E-state index contributed by atoms with van der Waals surface area (Å²) < 4.78 is 2.39.